The first-order valence-corrected chi connectivity index (χ1v) is 12.1. The van der Waals surface area contributed by atoms with E-state index in [1.54, 1.807) is 25.1 Å². The monoisotopic (exact) mass is 452 g/mol. The Labute approximate surface area is 208 Å². The maximum Gasteiger partial charge on any atom is 0.260 e. The number of piperazine rings is 1. The van der Waals surface area contributed by atoms with Crippen molar-refractivity contribution < 1.29 is 11.0 Å². The zero-order chi connectivity index (χ0) is 29.6. The van der Waals surface area contributed by atoms with Gasteiger partial charge in [-0.05, 0) is 93.7 Å². The molecule has 2 heterocycles. The molecule has 5 heteroatoms. The van der Waals surface area contributed by atoms with Gasteiger partial charge in [0.2, 0.25) is 0 Å². The van der Waals surface area contributed by atoms with E-state index in [-0.39, 0.29) is 22.9 Å². The highest BCUT2D eigenvalue weighted by Crippen LogP contribution is 2.61. The summed E-state index contributed by atoms with van der Waals surface area (Å²) in [6, 6.07) is 4.95. The molecule has 7 rings (SSSR count). The summed E-state index contributed by atoms with van der Waals surface area (Å²) < 4.78 is 70.3. The Morgan fingerprint density at radius 2 is 1.76 bits per heavy atom. The maximum atomic E-state index is 12.6. The molecule has 1 aromatic carbocycles. The summed E-state index contributed by atoms with van der Waals surface area (Å²) >= 11 is 0. The Balaban J connectivity index is 1.27. The number of rotatable bonds is 4. The van der Waals surface area contributed by atoms with Crippen LogP contribution in [0.4, 0.5) is 0 Å². The van der Waals surface area contributed by atoms with Crippen LogP contribution in [0.25, 0.3) is 10.9 Å². The number of benzene rings is 1. The largest absolute Gasteiger partial charge is 0.310 e. The van der Waals surface area contributed by atoms with Gasteiger partial charge in [-0.3, -0.25) is 9.69 Å². The molecule has 0 atom stereocenters. The highest BCUT2D eigenvalue weighted by Gasteiger charge is 2.50. The van der Waals surface area contributed by atoms with Crippen LogP contribution in [-0.2, 0) is 0 Å². The van der Waals surface area contributed by atoms with Gasteiger partial charge in [-0.25, -0.2) is 4.98 Å². The van der Waals surface area contributed by atoms with Gasteiger partial charge >= 0.3 is 0 Å². The molecule has 4 aliphatic carbocycles. The molecule has 2 aromatic rings. The van der Waals surface area contributed by atoms with Crippen LogP contribution in [0.3, 0.4) is 0 Å². The molecule has 0 amide bonds. The molecular formula is C28H36N4O. The first kappa shape index (κ1) is 14.3. The second-order valence-corrected chi connectivity index (χ2v) is 10.5. The van der Waals surface area contributed by atoms with E-state index in [4.69, 9.17) is 11.0 Å². The number of nitrogens with one attached hydrogen (secondary N) is 1. The predicted molar refractivity (Wildman–Crippen MR) is 132 cm³/mol. The van der Waals surface area contributed by atoms with Crippen molar-refractivity contribution in [3.63, 3.8) is 0 Å². The van der Waals surface area contributed by atoms with Crippen molar-refractivity contribution in [3.8, 4) is 11.8 Å². The van der Waals surface area contributed by atoms with Gasteiger partial charge in [0.15, 0.2) is 0 Å². The van der Waals surface area contributed by atoms with E-state index in [1.807, 2.05) is 0 Å². The summed E-state index contributed by atoms with van der Waals surface area (Å²) in [5.41, 5.74) is 0.372. The fraction of sp³-hybridized carbons (Fsp3) is 0.643. The number of hydrogen-bond acceptors (Lipinski definition) is 4. The second kappa shape index (κ2) is 8.56. The van der Waals surface area contributed by atoms with E-state index in [0.717, 1.165) is 24.2 Å². The lowest BCUT2D eigenvalue weighted by atomic mass is 9.49. The van der Waals surface area contributed by atoms with Crippen molar-refractivity contribution >= 4 is 10.9 Å². The van der Waals surface area contributed by atoms with Crippen LogP contribution in [0, 0.1) is 41.9 Å². The van der Waals surface area contributed by atoms with Crippen LogP contribution in [0.15, 0.2) is 23.0 Å². The molecular weight excluding hydrogens is 408 g/mol. The second-order valence-electron chi connectivity index (χ2n) is 10.5. The van der Waals surface area contributed by atoms with Crippen molar-refractivity contribution in [2.45, 2.75) is 51.9 Å². The van der Waals surface area contributed by atoms with Crippen molar-refractivity contribution in [2.24, 2.45) is 23.2 Å². The molecule has 5 fully saturated rings. The first-order chi connectivity index (χ1) is 19.1. The predicted octanol–water partition coefficient (Wildman–Crippen LogP) is 3.81. The number of nitrogens with zero attached hydrogens (tertiary/aromatic N) is 3. The van der Waals surface area contributed by atoms with Crippen LogP contribution >= 0.6 is 0 Å². The van der Waals surface area contributed by atoms with Crippen LogP contribution in [0.5, 0.6) is 0 Å². The molecule has 1 saturated heterocycles. The summed E-state index contributed by atoms with van der Waals surface area (Å²) in [7, 11) is 0. The number of aromatic amines is 1. The number of fused-ring (bicyclic) bond motifs is 1. The molecule has 4 bridgehead atoms. The molecule has 0 spiro atoms. The third-order valence-electron chi connectivity index (χ3n) is 7.98. The van der Waals surface area contributed by atoms with Gasteiger partial charge in [0, 0.05) is 42.5 Å². The SMILES string of the molecule is [2H]C1([2H])N(CC#Cc2cccc3nc(C)[nH]c(=O)c23)C([2H])([2H])C([2H])([2H])N(CCC23CC4CC(CC(C4)C2)C3)C1([2H])[2H]. The third kappa shape index (κ3) is 4.36. The van der Waals surface area contributed by atoms with Gasteiger partial charge in [-0.15, -0.1) is 0 Å². The zero-order valence-corrected chi connectivity index (χ0v) is 19.1. The van der Waals surface area contributed by atoms with Crippen molar-refractivity contribution in [2.75, 3.05) is 39.1 Å². The lowest BCUT2D eigenvalue weighted by Crippen LogP contribution is -2.50. The Hall–Kier alpha value is -2.16. The highest BCUT2D eigenvalue weighted by atomic mass is 16.1. The number of hydrogen-bond donors (Lipinski definition) is 1. The Morgan fingerprint density at radius 3 is 2.45 bits per heavy atom. The van der Waals surface area contributed by atoms with Crippen molar-refractivity contribution in [1.29, 1.82) is 0 Å². The minimum atomic E-state index is -2.90. The fourth-order valence-corrected chi connectivity index (χ4v) is 7.06. The molecule has 0 unspecified atom stereocenters. The molecule has 4 saturated carbocycles. The number of aryl methyl sites for hydroxylation is 1. The average molecular weight is 453 g/mol. The normalized spacial score (nSPS) is 41.3. The third-order valence-corrected chi connectivity index (χ3v) is 7.98. The minimum Gasteiger partial charge on any atom is -0.310 e. The van der Waals surface area contributed by atoms with E-state index in [9.17, 15) is 4.79 Å². The highest BCUT2D eigenvalue weighted by molar-refractivity contribution is 5.84. The van der Waals surface area contributed by atoms with E-state index >= 15 is 0 Å². The van der Waals surface area contributed by atoms with E-state index in [1.165, 1.54) is 19.3 Å². The molecule has 5 nitrogen and oxygen atoms in total. The molecule has 1 aromatic heterocycles. The zero-order valence-electron chi connectivity index (χ0n) is 27.1. The molecule has 0 radical (unpaired) electrons. The Bertz CT molecular complexity index is 1430. The molecule has 1 N–H and O–H groups in total. The minimum absolute atomic E-state index is 0.00660. The lowest BCUT2D eigenvalue weighted by Gasteiger charge is -2.57. The standard InChI is InChI=1S/C28H36N4O/c1-20-29-25-6-2-4-24(26(25)27(33)30-20)5-3-8-31-10-12-32(13-11-31)9-7-28-17-21-14-22(18-28)16-23(15-21)19-28/h2,4,6,21-23H,7-19H2,1H3,(H,29,30,33)/i10D2,11D2,12D2,13D2. The van der Waals surface area contributed by atoms with E-state index < -0.39 is 32.5 Å². The van der Waals surface area contributed by atoms with E-state index in [2.05, 4.69) is 21.8 Å². The van der Waals surface area contributed by atoms with Crippen LogP contribution in [0.1, 0.15) is 67.3 Å². The summed E-state index contributed by atoms with van der Waals surface area (Å²) in [5.74, 6) is 7.93. The summed E-state index contributed by atoms with van der Waals surface area (Å²) in [5, 5.41) is 0.247. The van der Waals surface area contributed by atoms with Gasteiger partial charge in [0.1, 0.15) is 5.82 Å². The van der Waals surface area contributed by atoms with Gasteiger partial charge in [-0.2, -0.15) is 0 Å². The smallest absolute Gasteiger partial charge is 0.260 e. The Morgan fingerprint density at radius 1 is 1.09 bits per heavy atom. The van der Waals surface area contributed by atoms with Gasteiger partial charge in [0.05, 0.1) is 17.4 Å². The lowest BCUT2D eigenvalue weighted by molar-refractivity contribution is -0.0621. The molecule has 1 aliphatic heterocycles. The van der Waals surface area contributed by atoms with E-state index in [0.29, 0.717) is 46.0 Å². The summed E-state index contributed by atoms with van der Waals surface area (Å²) in [4.78, 5) is 20.8. The Kier molecular flexibility index (Phi) is 3.71. The van der Waals surface area contributed by atoms with Crippen LogP contribution < -0.4 is 5.56 Å². The van der Waals surface area contributed by atoms with Crippen molar-refractivity contribution in [3.05, 3.63) is 39.9 Å². The average Bonchev–Trinajstić information content (AvgIpc) is 2.84. The fourth-order valence-electron chi connectivity index (χ4n) is 7.06. The molecule has 174 valence electrons. The van der Waals surface area contributed by atoms with Gasteiger partial charge in [0.25, 0.3) is 5.56 Å². The molecule has 5 aliphatic rings. The van der Waals surface area contributed by atoms with Crippen molar-refractivity contribution in [1.82, 2.24) is 19.8 Å². The number of H-pyrrole nitrogens is 1. The van der Waals surface area contributed by atoms with Crippen LogP contribution in [-0.4, -0.2) is 58.8 Å². The van der Waals surface area contributed by atoms with Gasteiger partial charge < -0.3 is 9.88 Å². The molecule has 33 heavy (non-hydrogen) atoms. The summed E-state index contributed by atoms with van der Waals surface area (Å²) in [6.07, 6.45) is 7.41. The summed E-state index contributed by atoms with van der Waals surface area (Å²) in [6.45, 7) is -10.4. The maximum absolute atomic E-state index is 12.6. The topological polar surface area (TPSA) is 52.2 Å². The quantitative estimate of drug-likeness (QED) is 0.717. The number of aromatic nitrogens is 2. The van der Waals surface area contributed by atoms with Crippen LogP contribution in [0.2, 0.25) is 0 Å². The first-order valence-electron chi connectivity index (χ1n) is 16.1. The van der Waals surface area contributed by atoms with Gasteiger partial charge in [-0.1, -0.05) is 17.9 Å².